The van der Waals surface area contributed by atoms with Crippen LogP contribution in [0.4, 0.5) is 5.69 Å². The van der Waals surface area contributed by atoms with Crippen LogP contribution in [0.5, 0.6) is 0 Å². The number of ether oxygens (including phenoxy) is 1. The number of fused-ring (bicyclic) bond motifs is 1. The fourth-order valence-electron chi connectivity index (χ4n) is 3.16. The molecule has 0 aliphatic carbocycles. The Morgan fingerprint density at radius 3 is 2.60 bits per heavy atom. The van der Waals surface area contributed by atoms with Gasteiger partial charge >= 0.3 is 5.97 Å². The summed E-state index contributed by atoms with van der Waals surface area (Å²) in [5, 5.41) is 0. The maximum absolute atomic E-state index is 12.8. The lowest BCUT2D eigenvalue weighted by Gasteiger charge is -2.26. The summed E-state index contributed by atoms with van der Waals surface area (Å²) in [6, 6.07) is 15.4. The highest BCUT2D eigenvalue weighted by Crippen LogP contribution is 2.32. The summed E-state index contributed by atoms with van der Waals surface area (Å²) >= 11 is 3.36. The molecule has 4 nitrogen and oxygen atoms in total. The van der Waals surface area contributed by atoms with Crippen molar-refractivity contribution in [1.82, 2.24) is 0 Å². The Morgan fingerprint density at radius 2 is 1.88 bits per heavy atom. The molecular formula is C20H20BrNO3. The number of esters is 1. The predicted octanol–water partition coefficient (Wildman–Crippen LogP) is 3.90. The molecule has 2 atom stereocenters. The standard InChI is InChI=1S/C20H20BrNO3/c1-13-11-16-5-3-4-6-18(16)22(13)20(24)14(2)25-19(23)12-15-7-9-17(21)10-8-15/h3-10,13-14H,11-12H2,1-2H3/t13-,14-/m0/s1. The lowest BCUT2D eigenvalue weighted by molar-refractivity contribution is -0.153. The summed E-state index contributed by atoms with van der Waals surface area (Å²) in [5.41, 5.74) is 2.92. The van der Waals surface area contributed by atoms with Crippen molar-refractivity contribution in [3.05, 3.63) is 64.1 Å². The van der Waals surface area contributed by atoms with Crippen molar-refractivity contribution in [2.75, 3.05) is 4.90 Å². The maximum Gasteiger partial charge on any atom is 0.311 e. The summed E-state index contributed by atoms with van der Waals surface area (Å²) in [7, 11) is 0. The third kappa shape index (κ3) is 3.93. The molecule has 2 aromatic rings. The fraction of sp³-hybridized carbons (Fsp3) is 0.300. The lowest BCUT2D eigenvalue weighted by Crippen LogP contribution is -2.43. The van der Waals surface area contributed by atoms with Crippen LogP contribution < -0.4 is 4.90 Å². The summed E-state index contributed by atoms with van der Waals surface area (Å²) in [5.74, 6) is -0.579. The summed E-state index contributed by atoms with van der Waals surface area (Å²) in [6.07, 6.45) is 0.162. The van der Waals surface area contributed by atoms with E-state index < -0.39 is 12.1 Å². The van der Waals surface area contributed by atoms with Gasteiger partial charge < -0.3 is 9.64 Å². The highest BCUT2D eigenvalue weighted by Gasteiger charge is 2.34. The van der Waals surface area contributed by atoms with E-state index in [1.807, 2.05) is 55.5 Å². The number of nitrogens with zero attached hydrogens (tertiary/aromatic N) is 1. The van der Waals surface area contributed by atoms with E-state index in [1.165, 1.54) is 0 Å². The van der Waals surface area contributed by atoms with Gasteiger partial charge in [-0.2, -0.15) is 0 Å². The topological polar surface area (TPSA) is 46.6 Å². The highest BCUT2D eigenvalue weighted by atomic mass is 79.9. The molecule has 0 aromatic heterocycles. The zero-order valence-corrected chi connectivity index (χ0v) is 15.8. The van der Waals surface area contributed by atoms with Gasteiger partial charge in [-0.1, -0.05) is 46.3 Å². The van der Waals surface area contributed by atoms with Gasteiger partial charge in [0, 0.05) is 16.2 Å². The third-order valence-corrected chi connectivity index (χ3v) is 4.89. The number of para-hydroxylation sites is 1. The molecule has 1 aliphatic heterocycles. The van der Waals surface area contributed by atoms with E-state index in [0.717, 1.165) is 27.7 Å². The molecule has 1 aliphatic rings. The first kappa shape index (κ1) is 17.7. The Morgan fingerprint density at radius 1 is 1.20 bits per heavy atom. The molecule has 1 heterocycles. The van der Waals surface area contributed by atoms with Crippen LogP contribution in [-0.4, -0.2) is 24.0 Å². The molecule has 0 saturated heterocycles. The van der Waals surface area contributed by atoms with E-state index in [9.17, 15) is 9.59 Å². The Labute approximate surface area is 155 Å². The Bertz CT molecular complexity index is 788. The van der Waals surface area contributed by atoms with Crippen LogP contribution in [0.2, 0.25) is 0 Å². The number of anilines is 1. The average Bonchev–Trinajstić information content (AvgIpc) is 2.91. The zero-order chi connectivity index (χ0) is 18.0. The van der Waals surface area contributed by atoms with E-state index in [2.05, 4.69) is 15.9 Å². The number of benzene rings is 2. The molecule has 0 fully saturated rings. The van der Waals surface area contributed by atoms with Crippen molar-refractivity contribution in [3.63, 3.8) is 0 Å². The van der Waals surface area contributed by atoms with E-state index in [-0.39, 0.29) is 18.4 Å². The van der Waals surface area contributed by atoms with Gasteiger partial charge in [0.2, 0.25) is 0 Å². The normalized spacial score (nSPS) is 17.1. The summed E-state index contributed by atoms with van der Waals surface area (Å²) in [6.45, 7) is 3.64. The smallest absolute Gasteiger partial charge is 0.311 e. The van der Waals surface area contributed by atoms with Crippen LogP contribution in [0.25, 0.3) is 0 Å². The van der Waals surface area contributed by atoms with Crippen LogP contribution in [-0.2, 0) is 27.2 Å². The van der Waals surface area contributed by atoms with Gasteiger partial charge in [-0.15, -0.1) is 0 Å². The molecule has 5 heteroatoms. The van der Waals surface area contributed by atoms with E-state index in [4.69, 9.17) is 4.74 Å². The van der Waals surface area contributed by atoms with Crippen LogP contribution in [0, 0.1) is 0 Å². The minimum absolute atomic E-state index is 0.0672. The van der Waals surface area contributed by atoms with Gasteiger partial charge in [0.05, 0.1) is 6.42 Å². The number of hydrogen-bond donors (Lipinski definition) is 0. The van der Waals surface area contributed by atoms with E-state index in [0.29, 0.717) is 0 Å². The number of halogens is 1. The van der Waals surface area contributed by atoms with Crippen molar-refractivity contribution in [2.24, 2.45) is 0 Å². The van der Waals surface area contributed by atoms with Crippen LogP contribution in [0.3, 0.4) is 0 Å². The van der Waals surface area contributed by atoms with Gasteiger partial charge in [-0.3, -0.25) is 9.59 Å². The second-order valence-electron chi connectivity index (χ2n) is 6.33. The Hall–Kier alpha value is -2.14. The first-order valence-electron chi connectivity index (χ1n) is 8.30. The monoisotopic (exact) mass is 401 g/mol. The van der Waals surface area contributed by atoms with Gasteiger partial charge in [0.1, 0.15) is 0 Å². The molecular weight excluding hydrogens is 382 g/mol. The maximum atomic E-state index is 12.8. The second-order valence-corrected chi connectivity index (χ2v) is 7.24. The number of carbonyl (C=O) groups excluding carboxylic acids is 2. The molecule has 0 N–H and O–H groups in total. The lowest BCUT2D eigenvalue weighted by atomic mass is 10.1. The zero-order valence-electron chi connectivity index (χ0n) is 14.2. The van der Waals surface area contributed by atoms with E-state index in [1.54, 1.807) is 11.8 Å². The molecule has 0 saturated carbocycles. The minimum atomic E-state index is -0.809. The molecule has 3 rings (SSSR count). The van der Waals surface area contributed by atoms with Gasteiger partial charge in [0.25, 0.3) is 5.91 Å². The minimum Gasteiger partial charge on any atom is -0.452 e. The molecule has 0 unspecified atom stereocenters. The SMILES string of the molecule is C[C@H](OC(=O)Cc1ccc(Br)cc1)C(=O)N1c2ccccc2C[C@@H]1C. The Kier molecular flexibility index (Phi) is 5.23. The van der Waals surface area contributed by atoms with Crippen molar-refractivity contribution in [1.29, 1.82) is 0 Å². The van der Waals surface area contributed by atoms with Crippen molar-refractivity contribution >= 4 is 33.5 Å². The molecule has 2 aromatic carbocycles. The van der Waals surface area contributed by atoms with Crippen LogP contribution in [0.15, 0.2) is 53.0 Å². The molecule has 130 valence electrons. The van der Waals surface area contributed by atoms with Gasteiger partial charge in [0.15, 0.2) is 6.10 Å². The first-order chi connectivity index (χ1) is 12.0. The molecule has 1 amide bonds. The molecule has 0 bridgehead atoms. The van der Waals surface area contributed by atoms with Gasteiger partial charge in [-0.05, 0) is 49.6 Å². The third-order valence-electron chi connectivity index (χ3n) is 4.36. The Balaban J connectivity index is 1.64. The second kappa shape index (κ2) is 7.40. The molecule has 0 radical (unpaired) electrons. The predicted molar refractivity (Wildman–Crippen MR) is 100 cm³/mol. The summed E-state index contributed by atoms with van der Waals surface area (Å²) in [4.78, 5) is 26.7. The summed E-state index contributed by atoms with van der Waals surface area (Å²) < 4.78 is 6.33. The van der Waals surface area contributed by atoms with Crippen molar-refractivity contribution in [2.45, 2.75) is 38.8 Å². The number of rotatable bonds is 4. The number of amides is 1. The van der Waals surface area contributed by atoms with Crippen molar-refractivity contribution in [3.8, 4) is 0 Å². The highest BCUT2D eigenvalue weighted by molar-refractivity contribution is 9.10. The largest absolute Gasteiger partial charge is 0.452 e. The van der Waals surface area contributed by atoms with Gasteiger partial charge in [-0.25, -0.2) is 0 Å². The van der Waals surface area contributed by atoms with Crippen molar-refractivity contribution < 1.29 is 14.3 Å². The first-order valence-corrected chi connectivity index (χ1v) is 9.10. The average molecular weight is 402 g/mol. The van der Waals surface area contributed by atoms with Crippen LogP contribution >= 0.6 is 15.9 Å². The molecule has 25 heavy (non-hydrogen) atoms. The fourth-order valence-corrected chi connectivity index (χ4v) is 3.42. The number of carbonyl (C=O) groups is 2. The van der Waals surface area contributed by atoms with Crippen LogP contribution in [0.1, 0.15) is 25.0 Å². The quantitative estimate of drug-likeness (QED) is 0.729. The number of hydrogen-bond acceptors (Lipinski definition) is 3. The molecule has 0 spiro atoms. The van der Waals surface area contributed by atoms with E-state index >= 15 is 0 Å².